The lowest BCUT2D eigenvalue weighted by molar-refractivity contribution is 0.555. The van der Waals surface area contributed by atoms with Crippen molar-refractivity contribution in [1.29, 1.82) is 0 Å². The summed E-state index contributed by atoms with van der Waals surface area (Å²) in [6, 6.07) is 6.05. The number of rotatable bonds is 4. The molecular formula is C12H16N2O2. The number of aromatic nitrogens is 1. The van der Waals surface area contributed by atoms with E-state index in [4.69, 9.17) is 4.42 Å². The molecule has 1 aromatic heterocycles. The van der Waals surface area contributed by atoms with Crippen LogP contribution in [0.3, 0.4) is 0 Å². The van der Waals surface area contributed by atoms with Gasteiger partial charge in [-0.05, 0) is 31.5 Å². The van der Waals surface area contributed by atoms with E-state index in [9.17, 15) is 4.79 Å². The Balaban J connectivity index is 2.22. The highest BCUT2D eigenvalue weighted by Gasteiger charge is 2.04. The molecular weight excluding hydrogens is 204 g/mol. The topological polar surface area (TPSA) is 58.0 Å². The number of fused-ring (bicyclic) bond motifs is 1. The molecule has 16 heavy (non-hydrogen) atoms. The SMILES string of the molecule is CCCC(C)Nc1ccc2oc(=O)[nH]c2c1. The van der Waals surface area contributed by atoms with Gasteiger partial charge in [0.05, 0.1) is 5.52 Å². The normalized spacial score (nSPS) is 12.9. The lowest BCUT2D eigenvalue weighted by atomic mass is 10.2. The molecule has 0 fully saturated rings. The average Bonchev–Trinajstić information content (AvgIpc) is 2.57. The van der Waals surface area contributed by atoms with Crippen molar-refractivity contribution in [3.8, 4) is 0 Å². The van der Waals surface area contributed by atoms with Gasteiger partial charge in [-0.1, -0.05) is 13.3 Å². The van der Waals surface area contributed by atoms with Crippen LogP contribution in [0.5, 0.6) is 0 Å². The predicted octanol–water partition coefficient (Wildman–Crippen LogP) is 2.72. The largest absolute Gasteiger partial charge is 0.417 e. The maximum atomic E-state index is 11.0. The van der Waals surface area contributed by atoms with Gasteiger partial charge in [0.25, 0.3) is 0 Å². The van der Waals surface area contributed by atoms with Gasteiger partial charge in [-0.25, -0.2) is 4.79 Å². The van der Waals surface area contributed by atoms with E-state index in [-0.39, 0.29) is 0 Å². The minimum Gasteiger partial charge on any atom is -0.408 e. The first-order valence-electron chi connectivity index (χ1n) is 5.58. The van der Waals surface area contributed by atoms with Gasteiger partial charge in [0.1, 0.15) is 0 Å². The van der Waals surface area contributed by atoms with E-state index in [1.54, 1.807) is 6.07 Å². The maximum Gasteiger partial charge on any atom is 0.417 e. The summed E-state index contributed by atoms with van der Waals surface area (Å²) in [6.07, 6.45) is 2.28. The van der Waals surface area contributed by atoms with Crippen LogP contribution in [0.1, 0.15) is 26.7 Å². The summed E-state index contributed by atoms with van der Waals surface area (Å²) in [4.78, 5) is 13.6. The molecule has 1 heterocycles. The van der Waals surface area contributed by atoms with Gasteiger partial charge in [0.15, 0.2) is 5.58 Å². The highest BCUT2D eigenvalue weighted by molar-refractivity contribution is 5.76. The molecule has 0 aliphatic carbocycles. The molecule has 1 aromatic carbocycles. The first-order chi connectivity index (χ1) is 7.69. The van der Waals surface area contributed by atoms with Gasteiger partial charge >= 0.3 is 5.76 Å². The Morgan fingerprint density at radius 3 is 3.06 bits per heavy atom. The summed E-state index contributed by atoms with van der Waals surface area (Å²) in [7, 11) is 0. The maximum absolute atomic E-state index is 11.0. The van der Waals surface area contributed by atoms with E-state index in [1.807, 2.05) is 12.1 Å². The van der Waals surface area contributed by atoms with Crippen molar-refractivity contribution in [1.82, 2.24) is 4.98 Å². The van der Waals surface area contributed by atoms with Crippen molar-refractivity contribution < 1.29 is 4.42 Å². The molecule has 4 heteroatoms. The number of hydrogen-bond donors (Lipinski definition) is 2. The molecule has 2 aromatic rings. The van der Waals surface area contributed by atoms with Crippen molar-refractivity contribution in [3.05, 3.63) is 28.7 Å². The zero-order valence-electron chi connectivity index (χ0n) is 9.54. The summed E-state index contributed by atoms with van der Waals surface area (Å²) >= 11 is 0. The standard InChI is InChI=1S/C12H16N2O2/c1-3-4-8(2)13-9-5-6-11-10(7-9)14-12(15)16-11/h5-8,13H,3-4H2,1-2H3,(H,14,15). The third-order valence-corrected chi connectivity index (χ3v) is 2.55. The first-order valence-corrected chi connectivity index (χ1v) is 5.58. The van der Waals surface area contributed by atoms with Gasteiger partial charge < -0.3 is 9.73 Å². The van der Waals surface area contributed by atoms with Crippen LogP contribution >= 0.6 is 0 Å². The number of anilines is 1. The van der Waals surface area contributed by atoms with Gasteiger partial charge in [-0.15, -0.1) is 0 Å². The van der Waals surface area contributed by atoms with E-state index in [0.29, 0.717) is 11.6 Å². The lowest BCUT2D eigenvalue weighted by Gasteiger charge is -2.13. The second kappa shape index (κ2) is 4.43. The monoisotopic (exact) mass is 220 g/mol. The van der Waals surface area contributed by atoms with E-state index in [1.165, 1.54) is 0 Å². The lowest BCUT2D eigenvalue weighted by Crippen LogP contribution is -2.14. The summed E-state index contributed by atoms with van der Waals surface area (Å²) < 4.78 is 4.94. The van der Waals surface area contributed by atoms with E-state index < -0.39 is 5.76 Å². The molecule has 0 saturated heterocycles. The fraction of sp³-hybridized carbons (Fsp3) is 0.417. The number of benzene rings is 1. The molecule has 0 bridgehead atoms. The molecule has 0 saturated carbocycles. The molecule has 0 spiro atoms. The number of aromatic amines is 1. The molecule has 2 rings (SSSR count). The number of H-pyrrole nitrogens is 1. The van der Waals surface area contributed by atoms with Crippen LogP contribution in [-0.2, 0) is 0 Å². The third-order valence-electron chi connectivity index (χ3n) is 2.55. The third kappa shape index (κ3) is 2.27. The smallest absolute Gasteiger partial charge is 0.408 e. The van der Waals surface area contributed by atoms with Crippen LogP contribution < -0.4 is 11.1 Å². The van der Waals surface area contributed by atoms with Gasteiger partial charge in [-0.3, -0.25) is 4.98 Å². The Hall–Kier alpha value is -1.71. The molecule has 0 aliphatic rings. The highest BCUT2D eigenvalue weighted by atomic mass is 16.4. The molecule has 86 valence electrons. The highest BCUT2D eigenvalue weighted by Crippen LogP contribution is 2.17. The molecule has 2 N–H and O–H groups in total. The minimum atomic E-state index is -0.409. The summed E-state index contributed by atoms with van der Waals surface area (Å²) in [5.41, 5.74) is 2.34. The first kappa shape index (κ1) is 10.8. The average molecular weight is 220 g/mol. The number of hydrogen-bond acceptors (Lipinski definition) is 3. The zero-order chi connectivity index (χ0) is 11.5. The van der Waals surface area contributed by atoms with E-state index >= 15 is 0 Å². The van der Waals surface area contributed by atoms with Crippen LogP contribution in [0.15, 0.2) is 27.4 Å². The van der Waals surface area contributed by atoms with Crippen LogP contribution in [0.25, 0.3) is 11.1 Å². The molecule has 0 aliphatic heterocycles. The minimum absolute atomic E-state index is 0.409. The van der Waals surface area contributed by atoms with E-state index in [0.717, 1.165) is 24.0 Å². The summed E-state index contributed by atoms with van der Waals surface area (Å²) in [6.45, 7) is 4.31. The fourth-order valence-electron chi connectivity index (χ4n) is 1.83. The number of oxazole rings is 1. The predicted molar refractivity (Wildman–Crippen MR) is 64.8 cm³/mol. The fourth-order valence-corrected chi connectivity index (χ4v) is 1.83. The van der Waals surface area contributed by atoms with Gasteiger partial charge in [0, 0.05) is 11.7 Å². The molecule has 1 atom stereocenters. The Labute approximate surface area is 93.7 Å². The Kier molecular flexibility index (Phi) is 2.99. The van der Waals surface area contributed by atoms with Crippen LogP contribution in [0.2, 0.25) is 0 Å². The van der Waals surface area contributed by atoms with Crippen LogP contribution in [0, 0.1) is 0 Å². The number of nitrogens with one attached hydrogen (secondary N) is 2. The second-order valence-corrected chi connectivity index (χ2v) is 4.06. The molecule has 1 unspecified atom stereocenters. The Morgan fingerprint density at radius 1 is 1.50 bits per heavy atom. The molecule has 0 amide bonds. The van der Waals surface area contributed by atoms with Crippen LogP contribution in [0.4, 0.5) is 5.69 Å². The van der Waals surface area contributed by atoms with Gasteiger partial charge in [-0.2, -0.15) is 0 Å². The quantitative estimate of drug-likeness (QED) is 0.832. The zero-order valence-corrected chi connectivity index (χ0v) is 9.54. The van der Waals surface area contributed by atoms with Crippen molar-refractivity contribution in [3.63, 3.8) is 0 Å². The Morgan fingerprint density at radius 2 is 2.31 bits per heavy atom. The second-order valence-electron chi connectivity index (χ2n) is 4.06. The van der Waals surface area contributed by atoms with E-state index in [2.05, 4.69) is 24.1 Å². The van der Waals surface area contributed by atoms with Gasteiger partial charge in [0.2, 0.25) is 0 Å². The molecule has 4 nitrogen and oxygen atoms in total. The van der Waals surface area contributed by atoms with Crippen molar-refractivity contribution in [2.24, 2.45) is 0 Å². The summed E-state index contributed by atoms with van der Waals surface area (Å²) in [5.74, 6) is -0.409. The van der Waals surface area contributed by atoms with Crippen molar-refractivity contribution in [2.75, 3.05) is 5.32 Å². The van der Waals surface area contributed by atoms with Crippen molar-refractivity contribution >= 4 is 16.8 Å². The summed E-state index contributed by atoms with van der Waals surface area (Å²) in [5, 5.41) is 3.38. The van der Waals surface area contributed by atoms with Crippen LogP contribution in [-0.4, -0.2) is 11.0 Å². The molecule has 0 radical (unpaired) electrons. The Bertz CT molecular complexity index is 527. The van der Waals surface area contributed by atoms with Crippen molar-refractivity contribution in [2.45, 2.75) is 32.7 Å².